The summed E-state index contributed by atoms with van der Waals surface area (Å²) in [7, 11) is 1.65. The highest BCUT2D eigenvalue weighted by Crippen LogP contribution is 2.24. The number of methoxy groups -OCH3 is 1. The van der Waals surface area contributed by atoms with Gasteiger partial charge in [0, 0.05) is 19.8 Å². The molecule has 0 unspecified atom stereocenters. The van der Waals surface area contributed by atoms with Crippen molar-refractivity contribution < 1.29 is 9.47 Å². The molecule has 0 bridgehead atoms. The maximum absolute atomic E-state index is 5.41. The third-order valence-corrected chi connectivity index (χ3v) is 2.95. The molecule has 5 heteroatoms. The largest absolute Gasteiger partial charge is 0.495 e. The first kappa shape index (κ1) is 16.7. The zero-order chi connectivity index (χ0) is 14.8. The van der Waals surface area contributed by atoms with E-state index in [1.165, 1.54) is 0 Å². The van der Waals surface area contributed by atoms with Crippen molar-refractivity contribution in [2.45, 2.75) is 26.7 Å². The third kappa shape index (κ3) is 6.21. The van der Waals surface area contributed by atoms with Gasteiger partial charge in [-0.05, 0) is 49.7 Å². The van der Waals surface area contributed by atoms with Crippen LogP contribution < -0.4 is 15.4 Å². The number of benzene rings is 1. The average Bonchev–Trinajstić information content (AvgIpc) is 2.43. The second-order valence-electron chi connectivity index (χ2n) is 4.55. The molecule has 0 saturated carbocycles. The summed E-state index contributed by atoms with van der Waals surface area (Å²) in [5, 5.41) is 6.92. The minimum absolute atomic E-state index is 0.601. The number of rotatable bonds is 8. The Morgan fingerprint density at radius 3 is 2.80 bits per heavy atom. The molecule has 4 nitrogen and oxygen atoms in total. The van der Waals surface area contributed by atoms with Gasteiger partial charge in [-0.3, -0.25) is 0 Å². The van der Waals surface area contributed by atoms with Crippen molar-refractivity contribution in [3.8, 4) is 5.75 Å². The summed E-state index contributed by atoms with van der Waals surface area (Å²) in [6.45, 7) is 6.52. The van der Waals surface area contributed by atoms with E-state index in [-0.39, 0.29) is 0 Å². The molecule has 2 N–H and O–H groups in total. The van der Waals surface area contributed by atoms with Crippen molar-refractivity contribution in [2.24, 2.45) is 0 Å². The van der Waals surface area contributed by atoms with Crippen molar-refractivity contribution >= 4 is 23.0 Å². The van der Waals surface area contributed by atoms with Crippen molar-refractivity contribution in [3.05, 3.63) is 23.8 Å². The Bertz CT molecular complexity index is 424. The molecule has 0 saturated heterocycles. The molecular weight excluding hydrogens is 272 g/mol. The summed E-state index contributed by atoms with van der Waals surface area (Å²) in [4.78, 5) is 0. The summed E-state index contributed by atoms with van der Waals surface area (Å²) >= 11 is 5.27. The number of hydrogen-bond acceptors (Lipinski definition) is 3. The lowest BCUT2D eigenvalue weighted by molar-refractivity contribution is 0.133. The topological polar surface area (TPSA) is 42.5 Å². The number of anilines is 1. The second kappa shape index (κ2) is 9.55. The summed E-state index contributed by atoms with van der Waals surface area (Å²) in [6.07, 6.45) is 1.99. The molecule has 0 fully saturated rings. The molecule has 112 valence electrons. The minimum Gasteiger partial charge on any atom is -0.495 e. The Balaban J connectivity index is 2.33. The number of thiocarbonyl (C=S) groups is 1. The van der Waals surface area contributed by atoms with Crippen LogP contribution in [0.4, 0.5) is 5.69 Å². The van der Waals surface area contributed by atoms with Gasteiger partial charge in [-0.25, -0.2) is 0 Å². The molecule has 0 amide bonds. The fourth-order valence-electron chi connectivity index (χ4n) is 1.71. The molecule has 0 radical (unpaired) electrons. The summed E-state index contributed by atoms with van der Waals surface area (Å²) in [5.41, 5.74) is 2.04. The minimum atomic E-state index is 0.601. The number of nitrogens with one attached hydrogen (secondary N) is 2. The fraction of sp³-hybridized carbons (Fsp3) is 0.533. The Morgan fingerprint density at radius 1 is 1.30 bits per heavy atom. The molecule has 1 rings (SSSR count). The van der Waals surface area contributed by atoms with Crippen LogP contribution in [0.2, 0.25) is 0 Å². The molecule has 0 atom stereocenters. The molecule has 0 aliphatic heterocycles. The van der Waals surface area contributed by atoms with E-state index in [9.17, 15) is 0 Å². The van der Waals surface area contributed by atoms with Gasteiger partial charge in [-0.15, -0.1) is 0 Å². The van der Waals surface area contributed by atoms with E-state index in [4.69, 9.17) is 21.7 Å². The van der Waals surface area contributed by atoms with E-state index in [2.05, 4.69) is 17.6 Å². The Morgan fingerprint density at radius 2 is 2.10 bits per heavy atom. The van der Waals surface area contributed by atoms with Crippen LogP contribution >= 0.6 is 12.2 Å². The predicted octanol–water partition coefficient (Wildman–Crippen LogP) is 3.11. The normalized spacial score (nSPS) is 10.2. The van der Waals surface area contributed by atoms with Crippen LogP contribution in [0.15, 0.2) is 18.2 Å². The number of hydrogen-bond donors (Lipinski definition) is 2. The zero-order valence-corrected chi connectivity index (χ0v) is 13.3. The van der Waals surface area contributed by atoms with Gasteiger partial charge in [0.15, 0.2) is 5.11 Å². The number of ether oxygens (including phenoxy) is 2. The van der Waals surface area contributed by atoms with E-state index >= 15 is 0 Å². The van der Waals surface area contributed by atoms with Gasteiger partial charge >= 0.3 is 0 Å². The van der Waals surface area contributed by atoms with Gasteiger partial charge in [0.2, 0.25) is 0 Å². The van der Waals surface area contributed by atoms with E-state index in [1.54, 1.807) is 7.11 Å². The Kier molecular flexibility index (Phi) is 7.99. The van der Waals surface area contributed by atoms with Crippen molar-refractivity contribution in [2.75, 3.05) is 32.2 Å². The quantitative estimate of drug-likeness (QED) is 0.570. The first-order chi connectivity index (χ1) is 9.67. The van der Waals surface area contributed by atoms with Crippen molar-refractivity contribution in [1.29, 1.82) is 0 Å². The maximum atomic E-state index is 5.41. The maximum Gasteiger partial charge on any atom is 0.170 e. The smallest absolute Gasteiger partial charge is 0.170 e. The van der Waals surface area contributed by atoms with E-state index in [0.717, 1.165) is 49.6 Å². The summed E-state index contributed by atoms with van der Waals surface area (Å²) in [5.74, 6) is 0.783. The predicted molar refractivity (Wildman–Crippen MR) is 87.7 cm³/mol. The molecule has 1 aromatic carbocycles. The van der Waals surface area contributed by atoms with Crippen LogP contribution in [0.1, 0.15) is 25.3 Å². The lowest BCUT2D eigenvalue weighted by Crippen LogP contribution is -2.30. The van der Waals surface area contributed by atoms with Crippen molar-refractivity contribution in [1.82, 2.24) is 5.32 Å². The van der Waals surface area contributed by atoms with Gasteiger partial charge < -0.3 is 20.1 Å². The SMILES string of the molecule is CCCOCCCNC(=S)Nc1cc(C)ccc1OC. The molecule has 20 heavy (non-hydrogen) atoms. The first-order valence-electron chi connectivity index (χ1n) is 6.94. The lowest BCUT2D eigenvalue weighted by Gasteiger charge is -2.14. The molecule has 0 aromatic heterocycles. The third-order valence-electron chi connectivity index (χ3n) is 2.70. The van der Waals surface area contributed by atoms with E-state index < -0.39 is 0 Å². The molecule has 0 aliphatic rings. The highest BCUT2D eigenvalue weighted by molar-refractivity contribution is 7.80. The van der Waals surface area contributed by atoms with Gasteiger partial charge in [0.25, 0.3) is 0 Å². The Labute approximate surface area is 126 Å². The molecule has 1 aromatic rings. The highest BCUT2D eigenvalue weighted by atomic mass is 32.1. The monoisotopic (exact) mass is 296 g/mol. The van der Waals surface area contributed by atoms with Gasteiger partial charge in [-0.2, -0.15) is 0 Å². The highest BCUT2D eigenvalue weighted by Gasteiger charge is 2.04. The van der Waals surface area contributed by atoms with Crippen LogP contribution in [0, 0.1) is 6.92 Å². The molecule has 0 aliphatic carbocycles. The average molecular weight is 296 g/mol. The summed E-state index contributed by atoms with van der Waals surface area (Å²) < 4.78 is 10.7. The van der Waals surface area contributed by atoms with Crippen LogP contribution in [-0.2, 0) is 4.74 Å². The van der Waals surface area contributed by atoms with Crippen molar-refractivity contribution in [3.63, 3.8) is 0 Å². The number of aryl methyl sites for hydroxylation is 1. The fourth-order valence-corrected chi connectivity index (χ4v) is 1.92. The first-order valence-corrected chi connectivity index (χ1v) is 7.35. The van der Waals surface area contributed by atoms with Gasteiger partial charge in [0.1, 0.15) is 5.75 Å². The summed E-state index contributed by atoms with van der Waals surface area (Å²) in [6, 6.07) is 5.95. The molecular formula is C15H24N2O2S. The van der Waals surface area contributed by atoms with Crippen LogP contribution in [0.3, 0.4) is 0 Å². The lowest BCUT2D eigenvalue weighted by atomic mass is 10.2. The van der Waals surface area contributed by atoms with Gasteiger partial charge in [0.05, 0.1) is 12.8 Å². The van der Waals surface area contributed by atoms with Crippen LogP contribution in [-0.4, -0.2) is 32.0 Å². The second-order valence-corrected chi connectivity index (χ2v) is 4.96. The van der Waals surface area contributed by atoms with Crippen LogP contribution in [0.25, 0.3) is 0 Å². The van der Waals surface area contributed by atoms with E-state index in [0.29, 0.717) is 5.11 Å². The zero-order valence-electron chi connectivity index (χ0n) is 12.5. The van der Waals surface area contributed by atoms with Gasteiger partial charge in [-0.1, -0.05) is 13.0 Å². The standard InChI is InChI=1S/C15H24N2O2S/c1-4-9-19-10-5-8-16-15(20)17-13-11-12(2)6-7-14(13)18-3/h6-7,11H,4-5,8-10H2,1-3H3,(H2,16,17,20). The molecule has 0 heterocycles. The van der Waals surface area contributed by atoms with E-state index in [1.807, 2.05) is 25.1 Å². The van der Waals surface area contributed by atoms with Crippen LogP contribution in [0.5, 0.6) is 5.75 Å². The molecule has 0 spiro atoms. The Hall–Kier alpha value is -1.33.